The lowest BCUT2D eigenvalue weighted by atomic mass is 9.90. The maximum Gasteiger partial charge on any atom is 0.329 e. The standard InChI is InChI=1S/C13H22N2O5/c1-9-2-5-15(8-10(9)16)12(19)14-13(11(17)18)3-6-20-7-4-13/h9-10,16H,2-8H2,1H3,(H,14,19)(H,17,18). The minimum Gasteiger partial charge on any atom is -0.480 e. The maximum atomic E-state index is 12.2. The highest BCUT2D eigenvalue weighted by Crippen LogP contribution is 2.23. The summed E-state index contributed by atoms with van der Waals surface area (Å²) < 4.78 is 5.16. The molecule has 7 heteroatoms. The first kappa shape index (κ1) is 15.1. The highest BCUT2D eigenvalue weighted by Gasteiger charge is 2.43. The average molecular weight is 286 g/mol. The van der Waals surface area contributed by atoms with E-state index in [0.29, 0.717) is 19.8 Å². The number of carbonyl (C=O) groups excluding carboxylic acids is 1. The fourth-order valence-electron chi connectivity index (χ4n) is 2.63. The molecule has 20 heavy (non-hydrogen) atoms. The zero-order chi connectivity index (χ0) is 14.8. The molecule has 0 radical (unpaired) electrons. The van der Waals surface area contributed by atoms with Gasteiger partial charge in [-0.1, -0.05) is 6.92 Å². The van der Waals surface area contributed by atoms with Gasteiger partial charge in [-0.25, -0.2) is 9.59 Å². The number of hydrogen-bond acceptors (Lipinski definition) is 4. The first-order chi connectivity index (χ1) is 9.44. The van der Waals surface area contributed by atoms with E-state index in [-0.39, 0.29) is 25.3 Å². The second-order valence-electron chi connectivity index (χ2n) is 5.71. The van der Waals surface area contributed by atoms with Gasteiger partial charge in [0.2, 0.25) is 0 Å². The van der Waals surface area contributed by atoms with Crippen molar-refractivity contribution in [2.24, 2.45) is 5.92 Å². The second-order valence-corrected chi connectivity index (χ2v) is 5.71. The van der Waals surface area contributed by atoms with Crippen molar-refractivity contribution < 1.29 is 24.5 Å². The number of piperidine rings is 1. The van der Waals surface area contributed by atoms with Crippen LogP contribution in [0.15, 0.2) is 0 Å². The van der Waals surface area contributed by atoms with Gasteiger partial charge in [-0.05, 0) is 12.3 Å². The van der Waals surface area contributed by atoms with E-state index in [0.717, 1.165) is 6.42 Å². The quantitative estimate of drug-likeness (QED) is 0.665. The van der Waals surface area contributed by atoms with Gasteiger partial charge in [-0.15, -0.1) is 0 Å². The van der Waals surface area contributed by atoms with Crippen molar-refractivity contribution in [3.8, 4) is 0 Å². The number of carbonyl (C=O) groups is 2. The summed E-state index contributed by atoms with van der Waals surface area (Å²) in [5.41, 5.74) is -1.25. The van der Waals surface area contributed by atoms with Crippen molar-refractivity contribution in [3.05, 3.63) is 0 Å². The number of aliphatic carboxylic acids is 1. The van der Waals surface area contributed by atoms with Crippen LogP contribution in [-0.4, -0.2) is 65.1 Å². The van der Waals surface area contributed by atoms with Gasteiger partial charge in [0.05, 0.1) is 6.10 Å². The van der Waals surface area contributed by atoms with Crippen LogP contribution in [0.2, 0.25) is 0 Å². The Morgan fingerprint density at radius 2 is 2.00 bits per heavy atom. The number of likely N-dealkylation sites (tertiary alicyclic amines) is 1. The number of aliphatic hydroxyl groups is 1. The van der Waals surface area contributed by atoms with Crippen molar-refractivity contribution >= 4 is 12.0 Å². The normalized spacial score (nSPS) is 29.8. The number of carboxylic acids is 1. The first-order valence-corrected chi connectivity index (χ1v) is 7.01. The summed E-state index contributed by atoms with van der Waals surface area (Å²) in [5, 5.41) is 21.8. The molecule has 0 saturated carbocycles. The molecule has 2 aliphatic rings. The van der Waals surface area contributed by atoms with E-state index >= 15 is 0 Å². The Kier molecular flexibility index (Phi) is 4.49. The molecule has 2 unspecified atom stereocenters. The van der Waals surface area contributed by atoms with Crippen LogP contribution in [0.5, 0.6) is 0 Å². The molecule has 0 aliphatic carbocycles. The molecule has 2 heterocycles. The van der Waals surface area contributed by atoms with Crippen LogP contribution in [0.4, 0.5) is 4.79 Å². The summed E-state index contributed by atoms with van der Waals surface area (Å²) in [4.78, 5) is 25.2. The molecule has 114 valence electrons. The Hall–Kier alpha value is -1.34. The molecular formula is C13H22N2O5. The van der Waals surface area contributed by atoms with Gasteiger partial charge < -0.3 is 25.2 Å². The maximum absolute atomic E-state index is 12.2. The van der Waals surface area contributed by atoms with E-state index < -0.39 is 23.6 Å². The number of rotatable bonds is 2. The Bertz CT molecular complexity index is 381. The van der Waals surface area contributed by atoms with Crippen molar-refractivity contribution in [3.63, 3.8) is 0 Å². The zero-order valence-electron chi connectivity index (χ0n) is 11.7. The lowest BCUT2D eigenvalue weighted by molar-refractivity contribution is -0.148. The molecule has 0 spiro atoms. The lowest BCUT2D eigenvalue weighted by Crippen LogP contribution is -2.61. The number of nitrogens with one attached hydrogen (secondary N) is 1. The third kappa shape index (κ3) is 3.04. The third-order valence-corrected chi connectivity index (χ3v) is 4.31. The average Bonchev–Trinajstić information content (AvgIpc) is 2.42. The summed E-state index contributed by atoms with van der Waals surface area (Å²) in [6, 6.07) is -0.416. The number of amides is 2. The molecule has 0 aromatic rings. The van der Waals surface area contributed by atoms with E-state index in [1.165, 1.54) is 4.90 Å². The second kappa shape index (κ2) is 5.97. The third-order valence-electron chi connectivity index (χ3n) is 4.31. The monoisotopic (exact) mass is 286 g/mol. The Morgan fingerprint density at radius 1 is 1.35 bits per heavy atom. The molecule has 2 fully saturated rings. The van der Waals surface area contributed by atoms with Crippen molar-refractivity contribution in [1.82, 2.24) is 10.2 Å². The molecule has 2 rings (SSSR count). The van der Waals surface area contributed by atoms with E-state index in [9.17, 15) is 19.8 Å². The summed E-state index contributed by atoms with van der Waals surface area (Å²) in [6.07, 6.45) is 0.699. The van der Waals surface area contributed by atoms with Crippen LogP contribution in [0.3, 0.4) is 0 Å². The molecule has 0 aromatic heterocycles. The zero-order valence-corrected chi connectivity index (χ0v) is 11.7. The highest BCUT2D eigenvalue weighted by atomic mass is 16.5. The summed E-state index contributed by atoms with van der Waals surface area (Å²) in [5.74, 6) is -0.865. The first-order valence-electron chi connectivity index (χ1n) is 7.01. The van der Waals surface area contributed by atoms with Crippen molar-refractivity contribution in [2.75, 3.05) is 26.3 Å². The van der Waals surface area contributed by atoms with Crippen LogP contribution in [0.25, 0.3) is 0 Å². The van der Waals surface area contributed by atoms with Gasteiger partial charge in [0, 0.05) is 39.1 Å². The number of hydrogen-bond donors (Lipinski definition) is 3. The molecule has 7 nitrogen and oxygen atoms in total. The number of β-amino-alcohol motifs (C(OH)–C–C–N with tert-alkyl or cyclic N) is 1. The Balaban J connectivity index is 2.00. The highest BCUT2D eigenvalue weighted by molar-refractivity contribution is 5.86. The molecule has 0 aromatic carbocycles. The summed E-state index contributed by atoms with van der Waals surface area (Å²) in [7, 11) is 0. The lowest BCUT2D eigenvalue weighted by Gasteiger charge is -2.39. The van der Waals surface area contributed by atoms with Crippen LogP contribution >= 0.6 is 0 Å². The number of aliphatic hydroxyl groups excluding tert-OH is 1. The molecule has 2 saturated heterocycles. The molecule has 0 bridgehead atoms. The van der Waals surface area contributed by atoms with Gasteiger partial charge in [-0.2, -0.15) is 0 Å². The van der Waals surface area contributed by atoms with Crippen LogP contribution in [-0.2, 0) is 9.53 Å². The molecule has 2 atom stereocenters. The Labute approximate surface area is 117 Å². The van der Waals surface area contributed by atoms with Crippen molar-refractivity contribution in [1.29, 1.82) is 0 Å². The van der Waals surface area contributed by atoms with E-state index in [1.54, 1.807) is 0 Å². The minimum absolute atomic E-state index is 0.163. The molecule has 3 N–H and O–H groups in total. The van der Waals surface area contributed by atoms with Crippen LogP contribution in [0.1, 0.15) is 26.2 Å². The predicted molar refractivity (Wildman–Crippen MR) is 70.3 cm³/mol. The predicted octanol–water partition coefficient (Wildman–Crippen LogP) is 0.0325. The number of carboxylic acid groups (broad SMARTS) is 1. The topological polar surface area (TPSA) is 99.1 Å². The number of ether oxygens (including phenoxy) is 1. The smallest absolute Gasteiger partial charge is 0.329 e. The van der Waals surface area contributed by atoms with Gasteiger partial charge in [-0.3, -0.25) is 0 Å². The number of nitrogens with zero attached hydrogens (tertiary/aromatic N) is 1. The van der Waals surface area contributed by atoms with Gasteiger partial charge in [0.15, 0.2) is 0 Å². The minimum atomic E-state index is -1.25. The van der Waals surface area contributed by atoms with Crippen molar-refractivity contribution in [2.45, 2.75) is 37.8 Å². The largest absolute Gasteiger partial charge is 0.480 e. The fraction of sp³-hybridized carbons (Fsp3) is 0.846. The van der Waals surface area contributed by atoms with Gasteiger partial charge in [0.25, 0.3) is 0 Å². The van der Waals surface area contributed by atoms with Gasteiger partial charge >= 0.3 is 12.0 Å². The molecule has 2 amide bonds. The van der Waals surface area contributed by atoms with E-state index in [2.05, 4.69) is 5.32 Å². The summed E-state index contributed by atoms with van der Waals surface area (Å²) in [6.45, 7) is 3.38. The van der Waals surface area contributed by atoms with Gasteiger partial charge in [0.1, 0.15) is 5.54 Å². The summed E-state index contributed by atoms with van der Waals surface area (Å²) >= 11 is 0. The molecule has 2 aliphatic heterocycles. The fourth-order valence-corrected chi connectivity index (χ4v) is 2.63. The SMILES string of the molecule is CC1CCN(C(=O)NC2(C(=O)O)CCOCC2)CC1O. The molecular weight excluding hydrogens is 264 g/mol. The van der Waals surface area contributed by atoms with E-state index in [4.69, 9.17) is 4.74 Å². The Morgan fingerprint density at radius 3 is 2.55 bits per heavy atom. The number of urea groups is 1. The van der Waals surface area contributed by atoms with E-state index in [1.807, 2.05) is 6.92 Å². The van der Waals surface area contributed by atoms with Crippen LogP contribution < -0.4 is 5.32 Å². The van der Waals surface area contributed by atoms with Crippen LogP contribution in [0, 0.1) is 5.92 Å².